The number of aliphatic hydroxyl groups excluding tert-OH is 1. The number of likely N-dealkylation sites (tertiary alicyclic amines) is 1. The van der Waals surface area contributed by atoms with Crippen LogP contribution in [0.1, 0.15) is 44.9 Å². The maximum Gasteiger partial charge on any atom is 0.225 e. The number of carbonyl (C=O) groups excluding carboxylic acids is 1. The molecule has 1 saturated heterocycles. The molecule has 2 rings (SSSR count). The van der Waals surface area contributed by atoms with Crippen LogP contribution < -0.4 is 0 Å². The van der Waals surface area contributed by atoms with Gasteiger partial charge in [-0.2, -0.15) is 0 Å². The largest absolute Gasteiger partial charge is 0.393 e. The van der Waals surface area contributed by atoms with Gasteiger partial charge in [0.1, 0.15) is 0 Å². The van der Waals surface area contributed by atoms with Crippen molar-refractivity contribution < 1.29 is 9.90 Å². The highest BCUT2D eigenvalue weighted by molar-refractivity contribution is 5.78. The van der Waals surface area contributed by atoms with Gasteiger partial charge in [-0.15, -0.1) is 0 Å². The SMILES string of the molecule is CN(CC1CCCCN1C)C(=O)C1CCC(O)CC1. The van der Waals surface area contributed by atoms with E-state index in [1.807, 2.05) is 11.9 Å². The minimum Gasteiger partial charge on any atom is -0.393 e. The number of hydrogen-bond donors (Lipinski definition) is 1. The topological polar surface area (TPSA) is 43.8 Å². The van der Waals surface area contributed by atoms with E-state index in [4.69, 9.17) is 0 Å². The molecule has 0 aromatic carbocycles. The van der Waals surface area contributed by atoms with E-state index < -0.39 is 0 Å². The lowest BCUT2D eigenvalue weighted by Crippen LogP contribution is -2.47. The van der Waals surface area contributed by atoms with E-state index >= 15 is 0 Å². The highest BCUT2D eigenvalue weighted by Crippen LogP contribution is 2.26. The Morgan fingerprint density at radius 2 is 1.89 bits per heavy atom. The molecule has 0 bridgehead atoms. The van der Waals surface area contributed by atoms with Crippen LogP contribution in [0, 0.1) is 5.92 Å². The van der Waals surface area contributed by atoms with Crippen LogP contribution in [0.2, 0.25) is 0 Å². The van der Waals surface area contributed by atoms with Crippen molar-refractivity contribution in [1.82, 2.24) is 9.80 Å². The van der Waals surface area contributed by atoms with E-state index in [9.17, 15) is 9.90 Å². The number of piperidine rings is 1. The number of carbonyl (C=O) groups is 1. The van der Waals surface area contributed by atoms with Gasteiger partial charge in [-0.1, -0.05) is 6.42 Å². The van der Waals surface area contributed by atoms with Crippen LogP contribution in [0.5, 0.6) is 0 Å². The summed E-state index contributed by atoms with van der Waals surface area (Å²) >= 11 is 0. The Kier molecular flexibility index (Phi) is 5.22. The Labute approximate surface area is 116 Å². The molecule has 19 heavy (non-hydrogen) atoms. The Morgan fingerprint density at radius 3 is 2.53 bits per heavy atom. The lowest BCUT2D eigenvalue weighted by Gasteiger charge is -2.36. The molecular weight excluding hydrogens is 240 g/mol. The van der Waals surface area contributed by atoms with Crippen LogP contribution in [-0.2, 0) is 4.79 Å². The van der Waals surface area contributed by atoms with Gasteiger partial charge in [0.05, 0.1) is 6.10 Å². The van der Waals surface area contributed by atoms with Gasteiger partial charge in [-0.25, -0.2) is 0 Å². The fraction of sp³-hybridized carbons (Fsp3) is 0.933. The lowest BCUT2D eigenvalue weighted by atomic mass is 9.86. The zero-order chi connectivity index (χ0) is 13.8. The molecule has 110 valence electrons. The molecule has 2 fully saturated rings. The molecule has 1 amide bonds. The van der Waals surface area contributed by atoms with Crippen LogP contribution in [0.15, 0.2) is 0 Å². The maximum atomic E-state index is 12.4. The van der Waals surface area contributed by atoms with Crippen molar-refractivity contribution in [1.29, 1.82) is 0 Å². The van der Waals surface area contributed by atoms with Crippen molar-refractivity contribution in [3.8, 4) is 0 Å². The number of hydrogen-bond acceptors (Lipinski definition) is 3. The highest BCUT2D eigenvalue weighted by atomic mass is 16.3. The first-order valence-corrected chi connectivity index (χ1v) is 7.71. The number of nitrogens with zero attached hydrogens (tertiary/aromatic N) is 2. The highest BCUT2D eigenvalue weighted by Gasteiger charge is 2.29. The Morgan fingerprint density at radius 1 is 1.21 bits per heavy atom. The summed E-state index contributed by atoms with van der Waals surface area (Å²) in [6.07, 6.45) is 6.87. The van der Waals surface area contributed by atoms with Crippen LogP contribution in [-0.4, -0.2) is 60.1 Å². The Hall–Kier alpha value is -0.610. The molecule has 1 aliphatic carbocycles. The molecule has 1 saturated carbocycles. The van der Waals surface area contributed by atoms with Gasteiger partial charge in [0, 0.05) is 25.6 Å². The van der Waals surface area contributed by atoms with E-state index in [0.29, 0.717) is 6.04 Å². The first-order valence-electron chi connectivity index (χ1n) is 7.71. The van der Waals surface area contributed by atoms with Gasteiger partial charge in [0.2, 0.25) is 5.91 Å². The molecule has 1 aliphatic heterocycles. The molecule has 1 unspecified atom stereocenters. The number of aliphatic hydroxyl groups is 1. The summed E-state index contributed by atoms with van der Waals surface area (Å²) < 4.78 is 0. The van der Waals surface area contributed by atoms with Gasteiger partial charge in [-0.3, -0.25) is 4.79 Å². The normalized spacial score (nSPS) is 33.1. The van der Waals surface area contributed by atoms with Crippen LogP contribution in [0.4, 0.5) is 0 Å². The van der Waals surface area contributed by atoms with E-state index in [2.05, 4.69) is 11.9 Å². The van der Waals surface area contributed by atoms with Crippen LogP contribution in [0.3, 0.4) is 0 Å². The molecule has 2 aliphatic rings. The molecule has 0 spiro atoms. The first kappa shape index (κ1) is 14.8. The summed E-state index contributed by atoms with van der Waals surface area (Å²) in [7, 11) is 4.11. The minimum atomic E-state index is -0.182. The first-order chi connectivity index (χ1) is 9.08. The van der Waals surface area contributed by atoms with Crippen molar-refractivity contribution in [2.75, 3.05) is 27.2 Å². The smallest absolute Gasteiger partial charge is 0.225 e. The molecule has 1 atom stereocenters. The summed E-state index contributed by atoms with van der Waals surface area (Å²) in [5.74, 6) is 0.424. The lowest BCUT2D eigenvalue weighted by molar-refractivity contribution is -0.136. The van der Waals surface area contributed by atoms with Gasteiger partial charge in [0.25, 0.3) is 0 Å². The molecule has 1 N–H and O–H groups in total. The second-order valence-electron chi connectivity index (χ2n) is 6.35. The molecule has 1 heterocycles. The average molecular weight is 268 g/mol. The number of amides is 1. The predicted octanol–water partition coefficient (Wildman–Crippen LogP) is 1.48. The van der Waals surface area contributed by atoms with E-state index in [0.717, 1.165) is 38.8 Å². The zero-order valence-electron chi connectivity index (χ0n) is 12.3. The molecule has 4 heteroatoms. The monoisotopic (exact) mass is 268 g/mol. The molecule has 0 aromatic heterocycles. The summed E-state index contributed by atoms with van der Waals surface area (Å²) in [6, 6.07) is 0.525. The van der Waals surface area contributed by atoms with Crippen molar-refractivity contribution in [3.05, 3.63) is 0 Å². The maximum absolute atomic E-state index is 12.4. The van der Waals surface area contributed by atoms with Crippen molar-refractivity contribution in [3.63, 3.8) is 0 Å². The fourth-order valence-electron chi connectivity index (χ4n) is 3.42. The van der Waals surface area contributed by atoms with Gasteiger partial charge in [0.15, 0.2) is 0 Å². The minimum absolute atomic E-state index is 0.141. The standard InChI is InChI=1S/C15H28N2O2/c1-16-10-4-3-5-13(16)11-17(2)15(19)12-6-8-14(18)9-7-12/h12-14,18H,3-11H2,1-2H3. The van der Waals surface area contributed by atoms with Crippen molar-refractivity contribution in [2.24, 2.45) is 5.92 Å². The van der Waals surface area contributed by atoms with Crippen LogP contribution in [0.25, 0.3) is 0 Å². The Balaban J connectivity index is 1.81. The van der Waals surface area contributed by atoms with E-state index in [-0.39, 0.29) is 17.9 Å². The summed E-state index contributed by atoms with van der Waals surface area (Å²) in [5, 5.41) is 9.51. The van der Waals surface area contributed by atoms with E-state index in [1.165, 1.54) is 19.3 Å². The number of likely N-dealkylation sites (N-methyl/N-ethyl adjacent to an activating group) is 2. The summed E-state index contributed by atoms with van der Waals surface area (Å²) in [4.78, 5) is 16.7. The quantitative estimate of drug-likeness (QED) is 0.843. The van der Waals surface area contributed by atoms with Gasteiger partial charge in [-0.05, 0) is 52.1 Å². The van der Waals surface area contributed by atoms with E-state index in [1.54, 1.807) is 0 Å². The summed E-state index contributed by atoms with van der Waals surface area (Å²) in [5.41, 5.74) is 0. The Bertz CT molecular complexity index is 301. The third kappa shape index (κ3) is 3.93. The average Bonchev–Trinajstić information content (AvgIpc) is 2.41. The fourth-order valence-corrected chi connectivity index (χ4v) is 3.42. The van der Waals surface area contributed by atoms with Gasteiger partial charge >= 0.3 is 0 Å². The van der Waals surface area contributed by atoms with Crippen LogP contribution >= 0.6 is 0 Å². The predicted molar refractivity (Wildman–Crippen MR) is 75.9 cm³/mol. The third-order valence-corrected chi connectivity index (χ3v) is 4.83. The van der Waals surface area contributed by atoms with Crippen molar-refractivity contribution in [2.45, 2.75) is 57.1 Å². The van der Waals surface area contributed by atoms with Crippen molar-refractivity contribution >= 4 is 5.91 Å². The molecule has 0 aromatic rings. The second-order valence-corrected chi connectivity index (χ2v) is 6.35. The second kappa shape index (κ2) is 6.71. The number of rotatable bonds is 3. The third-order valence-electron chi connectivity index (χ3n) is 4.83. The van der Waals surface area contributed by atoms with Gasteiger partial charge < -0.3 is 14.9 Å². The molecule has 0 radical (unpaired) electrons. The molecular formula is C15H28N2O2. The summed E-state index contributed by atoms with van der Waals surface area (Å²) in [6.45, 7) is 2.01. The molecule has 4 nitrogen and oxygen atoms in total. The zero-order valence-corrected chi connectivity index (χ0v) is 12.3.